The van der Waals surface area contributed by atoms with Crippen molar-refractivity contribution in [3.8, 4) is 0 Å². The van der Waals surface area contributed by atoms with E-state index in [2.05, 4.69) is 25.9 Å². The fourth-order valence-corrected chi connectivity index (χ4v) is 3.69. The number of hydrogen-bond donors (Lipinski definition) is 3. The lowest BCUT2D eigenvalue weighted by molar-refractivity contribution is -0.128. The van der Waals surface area contributed by atoms with Crippen LogP contribution in [0.1, 0.15) is 27.2 Å². The van der Waals surface area contributed by atoms with Crippen molar-refractivity contribution in [3.63, 3.8) is 0 Å². The summed E-state index contributed by atoms with van der Waals surface area (Å²) in [6, 6.07) is 12.8. The summed E-state index contributed by atoms with van der Waals surface area (Å²) in [5, 5.41) is 8.76. The molecule has 0 unspecified atom stereocenters. The summed E-state index contributed by atoms with van der Waals surface area (Å²) in [7, 11) is 3.36. The van der Waals surface area contributed by atoms with Gasteiger partial charge in [-0.25, -0.2) is 14.4 Å². The molecule has 0 aliphatic carbocycles. The molecule has 33 heavy (non-hydrogen) atoms. The molecule has 2 aromatic carbocycles. The van der Waals surface area contributed by atoms with Gasteiger partial charge in [-0.1, -0.05) is 18.2 Å². The Morgan fingerprint density at radius 1 is 1.18 bits per heavy atom. The SMILES string of the molecule is CNC(=O)c1ccccc1NCc1nc(Nc2ccc3c(c2)CC(=O)N(C)CC3)ncc1F. The van der Waals surface area contributed by atoms with Crippen LogP contribution in [0.5, 0.6) is 0 Å². The molecule has 4 rings (SSSR count). The molecule has 8 nitrogen and oxygen atoms in total. The number of anilines is 3. The third-order valence-electron chi connectivity index (χ3n) is 5.61. The molecule has 2 heterocycles. The van der Waals surface area contributed by atoms with Crippen molar-refractivity contribution in [3.05, 3.63) is 76.9 Å². The first kappa shape index (κ1) is 22.2. The van der Waals surface area contributed by atoms with Crippen LogP contribution in [0, 0.1) is 5.82 Å². The Hall–Kier alpha value is -4.01. The lowest BCUT2D eigenvalue weighted by Crippen LogP contribution is -2.27. The summed E-state index contributed by atoms with van der Waals surface area (Å²) >= 11 is 0. The lowest BCUT2D eigenvalue weighted by atomic mass is 10.0. The van der Waals surface area contributed by atoms with E-state index in [1.807, 2.05) is 25.2 Å². The predicted octanol–water partition coefficient (Wildman–Crippen LogP) is 2.89. The highest BCUT2D eigenvalue weighted by Crippen LogP contribution is 2.23. The summed E-state index contributed by atoms with van der Waals surface area (Å²) in [5.41, 5.74) is 4.01. The molecule has 0 saturated heterocycles. The molecule has 0 spiro atoms. The van der Waals surface area contributed by atoms with Gasteiger partial charge in [-0.15, -0.1) is 0 Å². The number of nitrogens with one attached hydrogen (secondary N) is 3. The van der Waals surface area contributed by atoms with E-state index in [9.17, 15) is 14.0 Å². The standard InChI is InChI=1S/C24H25FN6O2/c1-26-23(33)18-5-3-4-6-20(18)27-14-21-19(25)13-28-24(30-21)29-17-8-7-15-9-10-31(2)22(32)12-16(15)11-17/h3-8,11,13,27H,9-10,12,14H2,1-2H3,(H,26,33)(H,28,29,30). The molecule has 1 aromatic heterocycles. The van der Waals surface area contributed by atoms with Crippen LogP contribution in [0.15, 0.2) is 48.7 Å². The number of halogens is 1. The second-order valence-corrected chi connectivity index (χ2v) is 7.82. The fraction of sp³-hybridized carbons (Fsp3) is 0.250. The average molecular weight is 449 g/mol. The maximum Gasteiger partial charge on any atom is 0.253 e. The van der Waals surface area contributed by atoms with Crippen molar-refractivity contribution in [1.82, 2.24) is 20.2 Å². The van der Waals surface area contributed by atoms with Gasteiger partial charge in [0.25, 0.3) is 5.91 Å². The van der Waals surface area contributed by atoms with Gasteiger partial charge < -0.3 is 20.9 Å². The Kier molecular flexibility index (Phi) is 6.48. The number of rotatable bonds is 6. The Morgan fingerprint density at radius 3 is 2.82 bits per heavy atom. The van der Waals surface area contributed by atoms with Gasteiger partial charge in [0.15, 0.2) is 5.82 Å². The lowest BCUT2D eigenvalue weighted by Gasteiger charge is -2.13. The van der Waals surface area contributed by atoms with Gasteiger partial charge >= 0.3 is 0 Å². The molecule has 3 N–H and O–H groups in total. The monoisotopic (exact) mass is 448 g/mol. The molecule has 1 aliphatic heterocycles. The molecule has 0 fully saturated rings. The summed E-state index contributed by atoms with van der Waals surface area (Å²) in [5.74, 6) is -0.475. The fourth-order valence-electron chi connectivity index (χ4n) is 3.69. The van der Waals surface area contributed by atoms with Gasteiger partial charge in [0, 0.05) is 32.0 Å². The van der Waals surface area contributed by atoms with E-state index in [0.29, 0.717) is 24.2 Å². The van der Waals surface area contributed by atoms with Gasteiger partial charge in [0.2, 0.25) is 11.9 Å². The highest BCUT2D eigenvalue weighted by Gasteiger charge is 2.18. The Labute approximate surface area is 191 Å². The summed E-state index contributed by atoms with van der Waals surface area (Å²) in [6.45, 7) is 0.765. The van der Waals surface area contributed by atoms with Gasteiger partial charge in [-0.05, 0) is 41.8 Å². The third-order valence-corrected chi connectivity index (χ3v) is 5.61. The van der Waals surface area contributed by atoms with Crippen LogP contribution in [-0.4, -0.2) is 47.3 Å². The first-order valence-corrected chi connectivity index (χ1v) is 10.6. The number of para-hydroxylation sites is 1. The minimum absolute atomic E-state index is 0.0715. The van der Waals surface area contributed by atoms with Crippen molar-refractivity contribution in [2.24, 2.45) is 0 Å². The minimum Gasteiger partial charge on any atom is -0.379 e. The Balaban J connectivity index is 1.50. The van der Waals surface area contributed by atoms with E-state index in [0.717, 1.165) is 29.4 Å². The van der Waals surface area contributed by atoms with Crippen molar-refractivity contribution in [2.45, 2.75) is 19.4 Å². The molecule has 0 radical (unpaired) electrons. The summed E-state index contributed by atoms with van der Waals surface area (Å²) in [4.78, 5) is 34.3. The van der Waals surface area contributed by atoms with Crippen molar-refractivity contribution >= 4 is 29.1 Å². The smallest absolute Gasteiger partial charge is 0.253 e. The quantitative estimate of drug-likeness (QED) is 0.536. The summed E-state index contributed by atoms with van der Waals surface area (Å²) < 4.78 is 14.4. The van der Waals surface area contributed by atoms with Gasteiger partial charge in [-0.3, -0.25) is 9.59 Å². The number of carbonyl (C=O) groups is 2. The normalized spacial score (nSPS) is 13.2. The third kappa shape index (κ3) is 5.08. The van der Waals surface area contributed by atoms with Crippen LogP contribution in [0.25, 0.3) is 0 Å². The number of aromatic nitrogens is 2. The van der Waals surface area contributed by atoms with Crippen molar-refractivity contribution < 1.29 is 14.0 Å². The topological polar surface area (TPSA) is 99.2 Å². The first-order valence-electron chi connectivity index (χ1n) is 10.6. The minimum atomic E-state index is -0.555. The predicted molar refractivity (Wildman–Crippen MR) is 124 cm³/mol. The van der Waals surface area contributed by atoms with E-state index in [1.165, 1.54) is 0 Å². The molecular formula is C24H25FN6O2. The zero-order valence-electron chi connectivity index (χ0n) is 18.5. The molecular weight excluding hydrogens is 423 g/mol. The van der Waals surface area contributed by atoms with Crippen LogP contribution in [0.2, 0.25) is 0 Å². The molecule has 0 bridgehead atoms. The number of likely N-dealkylation sites (N-methyl/N-ethyl adjacent to an activating group) is 1. The first-order chi connectivity index (χ1) is 15.9. The van der Waals surface area contributed by atoms with E-state index in [4.69, 9.17) is 0 Å². The maximum absolute atomic E-state index is 14.4. The molecule has 9 heteroatoms. The van der Waals surface area contributed by atoms with Gasteiger partial charge in [-0.2, -0.15) is 0 Å². The number of amides is 2. The largest absolute Gasteiger partial charge is 0.379 e. The maximum atomic E-state index is 14.4. The number of benzene rings is 2. The van der Waals surface area contributed by atoms with E-state index < -0.39 is 5.82 Å². The van der Waals surface area contributed by atoms with Gasteiger partial charge in [0.1, 0.15) is 5.69 Å². The second-order valence-electron chi connectivity index (χ2n) is 7.82. The van der Waals surface area contributed by atoms with E-state index in [-0.39, 0.29) is 30.0 Å². The van der Waals surface area contributed by atoms with Crippen molar-refractivity contribution in [2.75, 3.05) is 31.3 Å². The Morgan fingerprint density at radius 2 is 2.00 bits per heavy atom. The van der Waals surface area contributed by atoms with Crippen LogP contribution in [0.4, 0.5) is 21.7 Å². The number of carbonyl (C=O) groups excluding carboxylic acids is 2. The molecule has 170 valence electrons. The van der Waals surface area contributed by atoms with E-state index >= 15 is 0 Å². The zero-order valence-corrected chi connectivity index (χ0v) is 18.5. The molecule has 1 aliphatic rings. The summed E-state index contributed by atoms with van der Waals surface area (Å²) in [6.07, 6.45) is 2.25. The highest BCUT2D eigenvalue weighted by molar-refractivity contribution is 5.99. The number of nitrogens with zero attached hydrogens (tertiary/aromatic N) is 3. The van der Waals surface area contributed by atoms with Crippen LogP contribution in [0.3, 0.4) is 0 Å². The Bertz CT molecular complexity index is 1200. The molecule has 3 aromatic rings. The van der Waals surface area contributed by atoms with Crippen LogP contribution < -0.4 is 16.0 Å². The molecule has 2 amide bonds. The number of hydrogen-bond acceptors (Lipinski definition) is 6. The van der Waals surface area contributed by atoms with Gasteiger partial charge in [0.05, 0.1) is 24.7 Å². The van der Waals surface area contributed by atoms with E-state index in [1.54, 1.807) is 36.2 Å². The average Bonchev–Trinajstić information content (AvgIpc) is 2.96. The highest BCUT2D eigenvalue weighted by atomic mass is 19.1. The molecule has 0 saturated carbocycles. The van der Waals surface area contributed by atoms with Crippen LogP contribution in [-0.2, 0) is 24.2 Å². The van der Waals surface area contributed by atoms with Crippen LogP contribution >= 0.6 is 0 Å². The van der Waals surface area contributed by atoms with Crippen molar-refractivity contribution in [1.29, 1.82) is 0 Å². The number of fused-ring (bicyclic) bond motifs is 1. The zero-order chi connectivity index (χ0) is 23.4. The second kappa shape index (κ2) is 9.64. The molecule has 0 atom stereocenters.